The zero-order valence-corrected chi connectivity index (χ0v) is 7.17. The Hall–Kier alpha value is -0.0800. The number of rotatable bonds is 1. The summed E-state index contributed by atoms with van der Waals surface area (Å²) in [6, 6.07) is 1.07. The zero-order valence-electron chi connectivity index (χ0n) is 7.17. The highest BCUT2D eigenvalue weighted by Crippen LogP contribution is 2.16. The van der Waals surface area contributed by atoms with Crippen LogP contribution in [-0.4, -0.2) is 30.1 Å². The van der Waals surface area contributed by atoms with Crippen molar-refractivity contribution in [2.45, 2.75) is 32.9 Å². The van der Waals surface area contributed by atoms with Gasteiger partial charge in [0.1, 0.15) is 0 Å². The molecule has 1 aliphatic heterocycles. The minimum Gasteiger partial charge on any atom is -0.326 e. The molecule has 0 saturated carbocycles. The summed E-state index contributed by atoms with van der Waals surface area (Å²) in [5, 5.41) is 0. The lowest BCUT2D eigenvalue weighted by Gasteiger charge is -2.19. The van der Waals surface area contributed by atoms with Crippen molar-refractivity contribution in [3.63, 3.8) is 0 Å². The van der Waals surface area contributed by atoms with E-state index in [1.807, 2.05) is 0 Å². The van der Waals surface area contributed by atoms with Gasteiger partial charge in [0.15, 0.2) is 0 Å². The topological polar surface area (TPSA) is 29.3 Å². The van der Waals surface area contributed by atoms with Crippen molar-refractivity contribution in [3.05, 3.63) is 0 Å². The first kappa shape index (κ1) is 8.02. The molecule has 1 aliphatic rings. The van der Waals surface area contributed by atoms with Crippen LogP contribution in [0.4, 0.5) is 0 Å². The lowest BCUT2D eigenvalue weighted by atomic mass is 10.1. The standard InChI is InChI=1S/C8H18N2/c1-6(2)10-4-7(3)8(9)5-10/h6-8H,4-5,9H2,1-3H3/t7-,8-/m0/s1. The van der Waals surface area contributed by atoms with E-state index < -0.39 is 0 Å². The first-order chi connectivity index (χ1) is 4.61. The first-order valence-corrected chi connectivity index (χ1v) is 4.11. The van der Waals surface area contributed by atoms with E-state index in [0.717, 1.165) is 6.54 Å². The molecule has 0 aromatic rings. The second kappa shape index (κ2) is 2.89. The van der Waals surface area contributed by atoms with E-state index in [9.17, 15) is 0 Å². The van der Waals surface area contributed by atoms with Gasteiger partial charge >= 0.3 is 0 Å². The Bertz CT molecular complexity index is 102. The molecular formula is C8H18N2. The van der Waals surface area contributed by atoms with Gasteiger partial charge in [-0.2, -0.15) is 0 Å². The molecule has 2 atom stereocenters. The van der Waals surface area contributed by atoms with Gasteiger partial charge in [0.2, 0.25) is 0 Å². The lowest BCUT2D eigenvalue weighted by molar-refractivity contribution is 0.266. The fourth-order valence-corrected chi connectivity index (χ4v) is 1.45. The highest BCUT2D eigenvalue weighted by molar-refractivity contribution is 4.85. The molecular weight excluding hydrogens is 124 g/mol. The van der Waals surface area contributed by atoms with E-state index in [4.69, 9.17) is 5.73 Å². The summed E-state index contributed by atoms with van der Waals surface area (Å²) in [6.45, 7) is 8.94. The van der Waals surface area contributed by atoms with Crippen molar-refractivity contribution < 1.29 is 0 Å². The van der Waals surface area contributed by atoms with Gasteiger partial charge < -0.3 is 5.73 Å². The molecule has 0 unspecified atom stereocenters. The Morgan fingerprint density at radius 3 is 2.20 bits per heavy atom. The van der Waals surface area contributed by atoms with Crippen LogP contribution < -0.4 is 5.73 Å². The van der Waals surface area contributed by atoms with Crippen LogP contribution in [0, 0.1) is 5.92 Å². The lowest BCUT2D eigenvalue weighted by Crippen LogP contribution is -2.31. The number of hydrogen-bond acceptors (Lipinski definition) is 2. The summed E-state index contributed by atoms with van der Waals surface area (Å²) in [6.07, 6.45) is 0. The Kier molecular flexibility index (Phi) is 2.32. The molecule has 2 N–H and O–H groups in total. The maximum atomic E-state index is 5.86. The molecule has 0 amide bonds. The molecule has 10 heavy (non-hydrogen) atoms. The van der Waals surface area contributed by atoms with E-state index in [2.05, 4.69) is 25.7 Å². The third-order valence-electron chi connectivity index (χ3n) is 2.43. The zero-order chi connectivity index (χ0) is 7.72. The molecule has 60 valence electrons. The van der Waals surface area contributed by atoms with E-state index in [1.165, 1.54) is 6.54 Å². The van der Waals surface area contributed by atoms with Crippen molar-refractivity contribution in [1.82, 2.24) is 4.90 Å². The van der Waals surface area contributed by atoms with Crippen LogP contribution in [0.5, 0.6) is 0 Å². The Morgan fingerprint density at radius 1 is 1.40 bits per heavy atom. The van der Waals surface area contributed by atoms with Crippen LogP contribution >= 0.6 is 0 Å². The van der Waals surface area contributed by atoms with Crippen LogP contribution in [-0.2, 0) is 0 Å². The molecule has 0 aromatic heterocycles. The van der Waals surface area contributed by atoms with Crippen LogP contribution in [0.3, 0.4) is 0 Å². The Morgan fingerprint density at radius 2 is 2.00 bits per heavy atom. The van der Waals surface area contributed by atoms with Crippen LogP contribution in [0.1, 0.15) is 20.8 Å². The molecule has 0 aliphatic carbocycles. The molecule has 1 fully saturated rings. The monoisotopic (exact) mass is 142 g/mol. The first-order valence-electron chi connectivity index (χ1n) is 4.11. The third kappa shape index (κ3) is 1.50. The van der Waals surface area contributed by atoms with Crippen molar-refractivity contribution in [1.29, 1.82) is 0 Å². The van der Waals surface area contributed by atoms with Crippen LogP contribution in [0.2, 0.25) is 0 Å². The number of likely N-dealkylation sites (tertiary alicyclic amines) is 1. The summed E-state index contributed by atoms with van der Waals surface area (Å²) >= 11 is 0. The SMILES string of the molecule is CC(C)N1C[C@H](C)[C@@H](N)C1. The largest absolute Gasteiger partial charge is 0.326 e. The molecule has 1 saturated heterocycles. The van der Waals surface area contributed by atoms with Gasteiger partial charge in [-0.15, -0.1) is 0 Å². The van der Waals surface area contributed by atoms with Crippen molar-refractivity contribution in [3.8, 4) is 0 Å². The second-order valence-electron chi connectivity index (χ2n) is 3.69. The van der Waals surface area contributed by atoms with Gasteiger partial charge in [0.05, 0.1) is 0 Å². The molecule has 0 radical (unpaired) electrons. The fraction of sp³-hybridized carbons (Fsp3) is 1.00. The van der Waals surface area contributed by atoms with Gasteiger partial charge in [-0.1, -0.05) is 6.92 Å². The highest BCUT2D eigenvalue weighted by Gasteiger charge is 2.27. The maximum absolute atomic E-state index is 5.86. The maximum Gasteiger partial charge on any atom is 0.0206 e. The fourth-order valence-electron chi connectivity index (χ4n) is 1.45. The molecule has 1 heterocycles. The molecule has 2 heteroatoms. The predicted molar refractivity (Wildman–Crippen MR) is 43.8 cm³/mol. The van der Waals surface area contributed by atoms with Crippen LogP contribution in [0.25, 0.3) is 0 Å². The summed E-state index contributed by atoms with van der Waals surface area (Å²) in [4.78, 5) is 2.44. The second-order valence-corrected chi connectivity index (χ2v) is 3.69. The predicted octanol–water partition coefficient (Wildman–Crippen LogP) is 0.674. The minimum atomic E-state index is 0.405. The third-order valence-corrected chi connectivity index (χ3v) is 2.43. The summed E-state index contributed by atoms with van der Waals surface area (Å²) in [7, 11) is 0. The van der Waals surface area contributed by atoms with Gasteiger partial charge in [-0.25, -0.2) is 0 Å². The average Bonchev–Trinajstić information content (AvgIpc) is 2.13. The van der Waals surface area contributed by atoms with Gasteiger partial charge in [0, 0.05) is 25.2 Å². The van der Waals surface area contributed by atoms with Crippen molar-refractivity contribution in [2.24, 2.45) is 11.7 Å². The number of nitrogens with zero attached hydrogens (tertiary/aromatic N) is 1. The van der Waals surface area contributed by atoms with E-state index in [-0.39, 0.29) is 0 Å². The number of nitrogens with two attached hydrogens (primary N) is 1. The van der Waals surface area contributed by atoms with Crippen molar-refractivity contribution >= 4 is 0 Å². The van der Waals surface area contributed by atoms with E-state index >= 15 is 0 Å². The van der Waals surface area contributed by atoms with Gasteiger partial charge in [-0.05, 0) is 19.8 Å². The van der Waals surface area contributed by atoms with E-state index in [0.29, 0.717) is 18.0 Å². The number of hydrogen-bond donors (Lipinski definition) is 1. The van der Waals surface area contributed by atoms with Crippen LogP contribution in [0.15, 0.2) is 0 Å². The quantitative estimate of drug-likeness (QED) is 0.583. The average molecular weight is 142 g/mol. The Balaban J connectivity index is 2.41. The van der Waals surface area contributed by atoms with Crippen molar-refractivity contribution in [2.75, 3.05) is 13.1 Å². The molecule has 0 aromatic carbocycles. The summed E-state index contributed by atoms with van der Waals surface area (Å²) in [5.41, 5.74) is 5.86. The summed E-state index contributed by atoms with van der Waals surface area (Å²) < 4.78 is 0. The molecule has 1 rings (SSSR count). The van der Waals surface area contributed by atoms with E-state index in [1.54, 1.807) is 0 Å². The normalized spacial score (nSPS) is 35.7. The summed E-state index contributed by atoms with van der Waals surface area (Å²) in [5.74, 6) is 0.683. The van der Waals surface area contributed by atoms with Gasteiger partial charge in [-0.3, -0.25) is 4.90 Å². The Labute approximate surface area is 63.4 Å². The highest BCUT2D eigenvalue weighted by atomic mass is 15.2. The smallest absolute Gasteiger partial charge is 0.0206 e. The minimum absolute atomic E-state index is 0.405. The molecule has 0 bridgehead atoms. The molecule has 0 spiro atoms. The van der Waals surface area contributed by atoms with Gasteiger partial charge in [0.25, 0.3) is 0 Å². The molecule has 2 nitrogen and oxygen atoms in total.